The molecule has 0 radical (unpaired) electrons. The van der Waals surface area contributed by atoms with Crippen molar-refractivity contribution < 1.29 is 19.1 Å². The molecule has 0 saturated carbocycles. The Morgan fingerprint density at radius 2 is 1.32 bits per heavy atom. The largest absolute Gasteiger partial charge is 0.465 e. The van der Waals surface area contributed by atoms with E-state index in [0.29, 0.717) is 18.4 Å². The molecule has 1 heterocycles. The monoisotopic (exact) mass is 511 g/mol. The van der Waals surface area contributed by atoms with Crippen LogP contribution in [-0.2, 0) is 14.3 Å². The molecule has 2 aliphatic carbocycles. The molecular formula is C33H37NO4. The number of methoxy groups -OCH3 is 1. The number of carbonyl (C=O) groups is 3. The summed E-state index contributed by atoms with van der Waals surface area (Å²) in [6.45, 7) is 12.8. The van der Waals surface area contributed by atoms with Crippen molar-refractivity contribution in [3.63, 3.8) is 0 Å². The lowest BCUT2D eigenvalue weighted by Gasteiger charge is -2.49. The van der Waals surface area contributed by atoms with Crippen molar-refractivity contribution in [2.24, 2.45) is 10.8 Å². The minimum Gasteiger partial charge on any atom is -0.465 e. The number of benzene rings is 2. The standard InChI is InChI=1S/C33H37NO4/c1-19-8-13-23(14-20(19)2)34-24-15-32(3,4)17-26(35)29(24)28(21-9-11-22(12-10-21)31(37)38-7)30-25(34)16-33(5,6)18-27(30)36/h8-14,28H,15-18H2,1-7H3. The molecule has 0 N–H and O–H groups in total. The highest BCUT2D eigenvalue weighted by molar-refractivity contribution is 6.08. The SMILES string of the molecule is COC(=O)c1ccc(C2C3=C(CC(C)(C)CC3=O)N(c3ccc(C)c(C)c3)C3=C2C(=O)CC(C)(C)C3)cc1. The Bertz CT molecular complexity index is 1370. The number of nitrogens with zero attached hydrogens (tertiary/aromatic N) is 1. The van der Waals surface area contributed by atoms with Gasteiger partial charge in [-0.3, -0.25) is 9.59 Å². The molecular weight excluding hydrogens is 474 g/mol. The van der Waals surface area contributed by atoms with Gasteiger partial charge in [-0.2, -0.15) is 0 Å². The zero-order chi connectivity index (χ0) is 27.6. The highest BCUT2D eigenvalue weighted by Gasteiger charge is 2.49. The third-order valence-corrected chi connectivity index (χ3v) is 8.32. The number of rotatable bonds is 3. The van der Waals surface area contributed by atoms with Crippen LogP contribution >= 0.6 is 0 Å². The summed E-state index contributed by atoms with van der Waals surface area (Å²) in [4.78, 5) is 42.3. The number of ketones is 2. The van der Waals surface area contributed by atoms with E-state index in [1.807, 2.05) is 12.1 Å². The smallest absolute Gasteiger partial charge is 0.337 e. The molecule has 0 spiro atoms. The molecule has 198 valence electrons. The Labute approximate surface area is 225 Å². The summed E-state index contributed by atoms with van der Waals surface area (Å²) in [5.41, 5.74) is 7.75. The Morgan fingerprint density at radius 1 is 0.789 bits per heavy atom. The van der Waals surface area contributed by atoms with Crippen LogP contribution in [0.5, 0.6) is 0 Å². The maximum Gasteiger partial charge on any atom is 0.337 e. The molecule has 1 aliphatic heterocycles. The lowest BCUT2D eigenvalue weighted by molar-refractivity contribution is -0.119. The van der Waals surface area contributed by atoms with Crippen molar-refractivity contribution in [1.82, 2.24) is 0 Å². The number of hydrogen-bond donors (Lipinski definition) is 0. The van der Waals surface area contributed by atoms with Crippen molar-refractivity contribution in [3.8, 4) is 0 Å². The summed E-state index contributed by atoms with van der Waals surface area (Å²) in [7, 11) is 1.36. The molecule has 0 bridgehead atoms. The summed E-state index contributed by atoms with van der Waals surface area (Å²) in [5, 5.41) is 0. The number of hydrogen-bond acceptors (Lipinski definition) is 5. The van der Waals surface area contributed by atoms with E-state index in [1.165, 1.54) is 18.2 Å². The number of carbonyl (C=O) groups excluding carboxylic acids is 3. The van der Waals surface area contributed by atoms with Gasteiger partial charge in [0.2, 0.25) is 0 Å². The average Bonchev–Trinajstić information content (AvgIpc) is 2.83. The number of allylic oxidation sites excluding steroid dienone is 4. The summed E-state index contributed by atoms with van der Waals surface area (Å²) in [6, 6.07) is 13.6. The van der Waals surface area contributed by atoms with E-state index < -0.39 is 11.9 Å². The van der Waals surface area contributed by atoms with Gasteiger partial charge in [-0.25, -0.2) is 4.79 Å². The summed E-state index contributed by atoms with van der Waals surface area (Å²) in [6.07, 6.45) is 2.35. The normalized spacial score (nSPS) is 20.9. The fourth-order valence-electron chi connectivity index (χ4n) is 6.40. The molecule has 3 aliphatic rings. The van der Waals surface area contributed by atoms with Gasteiger partial charge in [-0.1, -0.05) is 45.9 Å². The molecule has 5 nitrogen and oxygen atoms in total. The van der Waals surface area contributed by atoms with Crippen LogP contribution in [0.2, 0.25) is 0 Å². The van der Waals surface area contributed by atoms with Crippen LogP contribution in [0.1, 0.15) is 86.3 Å². The number of anilines is 1. The molecule has 0 amide bonds. The number of ether oxygens (including phenoxy) is 1. The molecule has 5 rings (SSSR count). The first-order valence-electron chi connectivity index (χ1n) is 13.4. The summed E-state index contributed by atoms with van der Waals surface area (Å²) >= 11 is 0. The molecule has 0 fully saturated rings. The van der Waals surface area contributed by atoms with Crippen LogP contribution < -0.4 is 4.90 Å². The van der Waals surface area contributed by atoms with Gasteiger partial charge in [0.1, 0.15) is 0 Å². The molecule has 2 aromatic carbocycles. The highest BCUT2D eigenvalue weighted by Crippen LogP contribution is 2.55. The fourth-order valence-corrected chi connectivity index (χ4v) is 6.40. The predicted molar refractivity (Wildman–Crippen MR) is 149 cm³/mol. The van der Waals surface area contributed by atoms with Gasteiger partial charge in [-0.05, 0) is 78.5 Å². The van der Waals surface area contributed by atoms with Crippen molar-refractivity contribution in [3.05, 3.63) is 87.3 Å². The summed E-state index contributed by atoms with van der Waals surface area (Å²) in [5.74, 6) is -0.666. The lowest BCUT2D eigenvalue weighted by Crippen LogP contribution is -2.44. The lowest BCUT2D eigenvalue weighted by atomic mass is 9.63. The van der Waals surface area contributed by atoms with Gasteiger partial charge in [0.25, 0.3) is 0 Å². The molecule has 38 heavy (non-hydrogen) atoms. The Hall–Kier alpha value is -3.47. The average molecular weight is 512 g/mol. The van der Waals surface area contributed by atoms with Crippen LogP contribution in [0.25, 0.3) is 0 Å². The number of aryl methyl sites for hydroxylation is 2. The topological polar surface area (TPSA) is 63.7 Å². The predicted octanol–water partition coefficient (Wildman–Crippen LogP) is 6.98. The molecule has 0 saturated heterocycles. The van der Waals surface area contributed by atoms with Gasteiger partial charge in [0.15, 0.2) is 11.6 Å². The van der Waals surface area contributed by atoms with E-state index in [2.05, 4.69) is 64.6 Å². The minimum atomic E-state index is -0.443. The van der Waals surface area contributed by atoms with Gasteiger partial charge < -0.3 is 9.64 Å². The van der Waals surface area contributed by atoms with Gasteiger partial charge in [0.05, 0.1) is 12.7 Å². The molecule has 2 aromatic rings. The Kier molecular flexibility index (Phi) is 6.24. The second-order valence-electron chi connectivity index (χ2n) is 12.8. The van der Waals surface area contributed by atoms with E-state index in [0.717, 1.165) is 46.6 Å². The van der Waals surface area contributed by atoms with Crippen LogP contribution in [0.15, 0.2) is 65.0 Å². The maximum atomic E-state index is 14.0. The van der Waals surface area contributed by atoms with Gasteiger partial charge in [-0.15, -0.1) is 0 Å². The fraction of sp³-hybridized carbons (Fsp3) is 0.424. The summed E-state index contributed by atoms with van der Waals surface area (Å²) < 4.78 is 4.88. The van der Waals surface area contributed by atoms with Crippen molar-refractivity contribution in [2.45, 2.75) is 73.1 Å². The van der Waals surface area contributed by atoms with Crippen molar-refractivity contribution in [2.75, 3.05) is 12.0 Å². The number of Topliss-reactive ketones (excluding diaryl/α,β-unsaturated/α-hetero) is 2. The molecule has 0 unspecified atom stereocenters. The second kappa shape index (κ2) is 9.07. The first-order valence-corrected chi connectivity index (χ1v) is 13.4. The quantitative estimate of drug-likeness (QED) is 0.416. The second-order valence-corrected chi connectivity index (χ2v) is 12.8. The van der Waals surface area contributed by atoms with E-state index in [4.69, 9.17) is 4.74 Å². The van der Waals surface area contributed by atoms with E-state index >= 15 is 0 Å². The van der Waals surface area contributed by atoms with E-state index in [9.17, 15) is 14.4 Å². The van der Waals surface area contributed by atoms with E-state index in [-0.39, 0.29) is 22.4 Å². The zero-order valence-electron chi connectivity index (χ0n) is 23.5. The van der Waals surface area contributed by atoms with Crippen LogP contribution in [0.4, 0.5) is 5.69 Å². The molecule has 5 heteroatoms. The maximum absolute atomic E-state index is 14.0. The Balaban J connectivity index is 1.79. The highest BCUT2D eigenvalue weighted by atomic mass is 16.5. The third-order valence-electron chi connectivity index (χ3n) is 8.32. The first kappa shape index (κ1) is 26.1. The van der Waals surface area contributed by atoms with Crippen molar-refractivity contribution >= 4 is 23.2 Å². The van der Waals surface area contributed by atoms with Crippen LogP contribution in [0, 0.1) is 24.7 Å². The van der Waals surface area contributed by atoms with Gasteiger partial charge in [0, 0.05) is 47.0 Å². The van der Waals surface area contributed by atoms with Crippen molar-refractivity contribution in [1.29, 1.82) is 0 Å². The molecule has 0 aromatic heterocycles. The van der Waals surface area contributed by atoms with Gasteiger partial charge >= 0.3 is 5.97 Å². The van der Waals surface area contributed by atoms with E-state index in [1.54, 1.807) is 12.1 Å². The first-order chi connectivity index (χ1) is 17.8. The number of esters is 1. The molecule has 0 atom stereocenters. The van der Waals surface area contributed by atoms with Crippen LogP contribution in [0.3, 0.4) is 0 Å². The zero-order valence-corrected chi connectivity index (χ0v) is 23.5. The minimum absolute atomic E-state index is 0.0938. The third kappa shape index (κ3) is 4.42. The van der Waals surface area contributed by atoms with Crippen LogP contribution in [-0.4, -0.2) is 24.6 Å². The Morgan fingerprint density at radius 3 is 1.79 bits per heavy atom.